The quantitative estimate of drug-likeness (QED) is 0.313. The van der Waals surface area contributed by atoms with Crippen molar-refractivity contribution in [1.29, 1.82) is 0 Å². The van der Waals surface area contributed by atoms with E-state index >= 15 is 0 Å². The normalized spacial score (nSPS) is 45.4. The lowest BCUT2D eigenvalue weighted by Crippen LogP contribution is -2.46. The second-order valence-corrected chi connectivity index (χ2v) is 16.2. The molecule has 10 atom stereocenters. The number of hydrogen-bond acceptors (Lipinski definition) is 0. The Balaban J connectivity index is 1.05. The molecule has 0 spiro atoms. The molecule has 0 amide bonds. The first-order valence-corrected chi connectivity index (χ1v) is 18.6. The van der Waals surface area contributed by atoms with E-state index in [1.165, 1.54) is 96.3 Å². The lowest BCUT2D eigenvalue weighted by Gasteiger charge is -2.55. The summed E-state index contributed by atoms with van der Waals surface area (Å²) in [6.45, 7) is 0. The smallest absolute Gasteiger partial charge is 0.0106 e. The molecule has 0 saturated heterocycles. The Morgan fingerprint density at radius 3 is 1.93 bits per heavy atom. The first-order chi connectivity index (χ1) is 19.8. The van der Waals surface area contributed by atoms with Crippen molar-refractivity contribution in [3.05, 3.63) is 46.6 Å². The summed E-state index contributed by atoms with van der Waals surface area (Å²) in [7, 11) is 0. The van der Waals surface area contributed by atoms with E-state index in [1.54, 1.807) is 50.5 Å². The van der Waals surface area contributed by atoms with Crippen molar-refractivity contribution in [2.24, 2.45) is 59.2 Å². The molecule has 0 aromatic heterocycles. The maximum atomic E-state index is 2.82. The van der Waals surface area contributed by atoms with E-state index in [9.17, 15) is 0 Å². The molecule has 0 radical (unpaired) electrons. The van der Waals surface area contributed by atoms with Crippen molar-refractivity contribution in [2.75, 3.05) is 0 Å². The van der Waals surface area contributed by atoms with Gasteiger partial charge in [-0.05, 0) is 167 Å². The fourth-order valence-corrected chi connectivity index (χ4v) is 12.6. The molecule has 0 aromatic rings. The van der Waals surface area contributed by atoms with Crippen LogP contribution in [0, 0.1) is 59.2 Å². The van der Waals surface area contributed by atoms with Gasteiger partial charge in [0.2, 0.25) is 0 Å². The standard InChI is InChI=1S/C40H58/c1-3-11-31-25-33(23-19-27(31)9-1)29-17-21-30(22-18-29)39-35-13-5-7-15-37(35)40(38-16-8-6-14-36(38)39)34-24-20-28-10-2-4-12-32(28)26-34/h17,19,21,23,28-30,32-35,37,39-40H,1-16,18,20,22,24-26H2/t28?,29?,30?,32-,33?,34?,35?,37?,39-,40+/m0/s1. The van der Waals surface area contributed by atoms with E-state index in [4.69, 9.17) is 0 Å². The fourth-order valence-electron chi connectivity index (χ4n) is 12.6. The summed E-state index contributed by atoms with van der Waals surface area (Å²) in [5, 5.41) is 0. The van der Waals surface area contributed by atoms with Gasteiger partial charge in [-0.1, -0.05) is 79.5 Å². The maximum Gasteiger partial charge on any atom is -0.0106 e. The van der Waals surface area contributed by atoms with Crippen molar-refractivity contribution in [1.82, 2.24) is 0 Å². The van der Waals surface area contributed by atoms with Gasteiger partial charge < -0.3 is 0 Å². The summed E-state index contributed by atoms with van der Waals surface area (Å²) in [5.74, 6) is 9.60. The zero-order valence-electron chi connectivity index (χ0n) is 25.6. The first kappa shape index (κ1) is 26.6. The monoisotopic (exact) mass is 538 g/mol. The average Bonchev–Trinajstić information content (AvgIpc) is 3.03. The summed E-state index contributed by atoms with van der Waals surface area (Å²) < 4.78 is 0. The second kappa shape index (κ2) is 11.6. The third kappa shape index (κ3) is 4.88. The zero-order chi connectivity index (χ0) is 26.5. The van der Waals surface area contributed by atoms with Crippen molar-refractivity contribution in [3.8, 4) is 0 Å². The summed E-state index contributed by atoms with van der Waals surface area (Å²) >= 11 is 0. The van der Waals surface area contributed by atoms with Crippen molar-refractivity contribution in [2.45, 2.75) is 141 Å². The minimum atomic E-state index is 0.784. The highest BCUT2D eigenvalue weighted by atomic mass is 14.5. The van der Waals surface area contributed by atoms with E-state index in [2.05, 4.69) is 35.5 Å². The van der Waals surface area contributed by atoms with Crippen LogP contribution in [0.15, 0.2) is 46.6 Å². The van der Waals surface area contributed by atoms with Gasteiger partial charge in [-0.3, -0.25) is 0 Å². The van der Waals surface area contributed by atoms with Crippen molar-refractivity contribution in [3.63, 3.8) is 0 Å². The molecule has 0 N–H and O–H groups in total. The SMILES string of the molecule is C1=CC(C2C=CC([C@@H]3C4=C(CCCC4)[C@H](C4CCC5CCCC[C@H]5C4)C4CCCCC43)CC2)CC2=C1CCCC2. The number of allylic oxidation sites excluding steroid dienone is 8. The van der Waals surface area contributed by atoms with Gasteiger partial charge in [-0.25, -0.2) is 0 Å². The number of fused-ring (bicyclic) bond motifs is 2. The van der Waals surface area contributed by atoms with Crippen LogP contribution in [0.5, 0.6) is 0 Å². The second-order valence-electron chi connectivity index (χ2n) is 16.2. The van der Waals surface area contributed by atoms with E-state index < -0.39 is 0 Å². The van der Waals surface area contributed by atoms with Gasteiger partial charge in [0.25, 0.3) is 0 Å². The van der Waals surface area contributed by atoms with Crippen molar-refractivity contribution >= 4 is 0 Å². The summed E-state index contributed by atoms with van der Waals surface area (Å²) in [5.41, 5.74) is 7.69. The molecule has 8 aliphatic rings. The van der Waals surface area contributed by atoms with Crippen molar-refractivity contribution < 1.29 is 0 Å². The summed E-state index contributed by atoms with van der Waals surface area (Å²) in [4.78, 5) is 0. The molecule has 40 heavy (non-hydrogen) atoms. The van der Waals surface area contributed by atoms with E-state index in [-0.39, 0.29) is 0 Å². The van der Waals surface area contributed by atoms with Crippen LogP contribution in [0.25, 0.3) is 0 Å². The lowest BCUT2D eigenvalue weighted by molar-refractivity contribution is 0.0236. The summed E-state index contributed by atoms with van der Waals surface area (Å²) in [6, 6.07) is 0. The molecule has 0 aromatic carbocycles. The molecule has 0 heterocycles. The molecule has 0 aliphatic heterocycles. The van der Waals surface area contributed by atoms with Crippen LogP contribution in [-0.4, -0.2) is 0 Å². The molecule has 0 bridgehead atoms. The Bertz CT molecular complexity index is 1050. The average molecular weight is 539 g/mol. The molecule has 0 nitrogen and oxygen atoms in total. The van der Waals surface area contributed by atoms with Crippen LogP contribution < -0.4 is 0 Å². The predicted molar refractivity (Wildman–Crippen MR) is 169 cm³/mol. The van der Waals surface area contributed by atoms with Crippen LogP contribution in [0.4, 0.5) is 0 Å². The molecule has 218 valence electrons. The first-order valence-electron chi connectivity index (χ1n) is 18.6. The Morgan fingerprint density at radius 2 is 1.10 bits per heavy atom. The van der Waals surface area contributed by atoms with Gasteiger partial charge in [-0.15, -0.1) is 0 Å². The topological polar surface area (TPSA) is 0 Å². The Kier molecular flexibility index (Phi) is 7.68. The van der Waals surface area contributed by atoms with Crippen LogP contribution >= 0.6 is 0 Å². The van der Waals surface area contributed by atoms with E-state index in [1.807, 2.05) is 5.57 Å². The van der Waals surface area contributed by atoms with Gasteiger partial charge in [0.15, 0.2) is 0 Å². The molecule has 7 unspecified atom stereocenters. The highest BCUT2D eigenvalue weighted by Crippen LogP contribution is 2.60. The highest BCUT2D eigenvalue weighted by Gasteiger charge is 2.50. The fraction of sp³-hybridized carbons (Fsp3) is 0.800. The predicted octanol–water partition coefficient (Wildman–Crippen LogP) is 11.5. The van der Waals surface area contributed by atoms with Gasteiger partial charge >= 0.3 is 0 Å². The molecule has 8 rings (SSSR count). The molecule has 0 heteroatoms. The van der Waals surface area contributed by atoms with Crippen LogP contribution in [0.1, 0.15) is 141 Å². The molecular formula is C40H58. The molecule has 3 saturated carbocycles. The largest absolute Gasteiger partial charge is 0.0845 e. The third-order valence-corrected chi connectivity index (χ3v) is 14.4. The number of hydrogen-bond donors (Lipinski definition) is 0. The van der Waals surface area contributed by atoms with Crippen LogP contribution in [0.3, 0.4) is 0 Å². The Morgan fingerprint density at radius 1 is 0.450 bits per heavy atom. The Labute approximate surface area is 246 Å². The minimum absolute atomic E-state index is 0.784. The van der Waals surface area contributed by atoms with E-state index in [0.717, 1.165) is 59.2 Å². The van der Waals surface area contributed by atoms with E-state index in [0.29, 0.717) is 0 Å². The van der Waals surface area contributed by atoms with Crippen LogP contribution in [-0.2, 0) is 0 Å². The molecular weight excluding hydrogens is 480 g/mol. The van der Waals surface area contributed by atoms with Gasteiger partial charge in [0.1, 0.15) is 0 Å². The maximum absolute atomic E-state index is 2.82. The highest BCUT2D eigenvalue weighted by molar-refractivity contribution is 5.34. The lowest BCUT2D eigenvalue weighted by atomic mass is 9.50. The minimum Gasteiger partial charge on any atom is -0.0845 e. The van der Waals surface area contributed by atoms with Gasteiger partial charge in [-0.2, -0.15) is 0 Å². The summed E-state index contributed by atoms with van der Waals surface area (Å²) in [6.07, 6.45) is 43.7. The van der Waals surface area contributed by atoms with Gasteiger partial charge in [0, 0.05) is 0 Å². The van der Waals surface area contributed by atoms with Gasteiger partial charge in [0.05, 0.1) is 0 Å². The third-order valence-electron chi connectivity index (χ3n) is 14.4. The molecule has 3 fully saturated rings. The number of rotatable bonds is 3. The Hall–Kier alpha value is -1.04. The zero-order valence-corrected chi connectivity index (χ0v) is 25.6. The van der Waals surface area contributed by atoms with Crippen LogP contribution in [0.2, 0.25) is 0 Å². The molecule has 8 aliphatic carbocycles.